The first kappa shape index (κ1) is 28.0. The van der Waals surface area contributed by atoms with Crippen molar-refractivity contribution >= 4 is 50.9 Å². The van der Waals surface area contributed by atoms with Gasteiger partial charge in [0.1, 0.15) is 11.8 Å². The molecule has 2 amide bonds. The van der Waals surface area contributed by atoms with E-state index in [1.807, 2.05) is 56.3 Å². The van der Waals surface area contributed by atoms with Crippen LogP contribution in [0.25, 0.3) is 0 Å². The van der Waals surface area contributed by atoms with E-state index in [1.165, 1.54) is 0 Å². The smallest absolute Gasteiger partial charge is 0.261 e. The molecule has 3 rings (SSSR count). The van der Waals surface area contributed by atoms with Crippen LogP contribution in [0.4, 0.5) is 0 Å². The van der Waals surface area contributed by atoms with E-state index in [0.717, 1.165) is 15.6 Å². The highest BCUT2D eigenvalue weighted by molar-refractivity contribution is 9.10. The highest BCUT2D eigenvalue weighted by Gasteiger charge is 2.31. The Labute approximate surface area is 230 Å². The SMILES string of the molecule is CC(C)CNC(=O)C(Cc1ccccc1)N(Cc1cccc(Cl)c1)C(=O)COc1ccc(Br)cc1Cl. The number of rotatable bonds is 11. The summed E-state index contributed by atoms with van der Waals surface area (Å²) in [5, 5.41) is 3.94. The number of hydrogen-bond donors (Lipinski definition) is 1. The van der Waals surface area contributed by atoms with Crippen LogP contribution in [-0.4, -0.2) is 35.9 Å². The van der Waals surface area contributed by atoms with Crippen molar-refractivity contribution in [1.29, 1.82) is 0 Å². The van der Waals surface area contributed by atoms with Crippen molar-refractivity contribution in [1.82, 2.24) is 10.2 Å². The van der Waals surface area contributed by atoms with Crippen LogP contribution >= 0.6 is 39.1 Å². The third kappa shape index (κ3) is 8.54. The molecule has 0 saturated carbocycles. The van der Waals surface area contributed by atoms with Crippen LogP contribution in [0.1, 0.15) is 25.0 Å². The molecule has 1 unspecified atom stereocenters. The van der Waals surface area contributed by atoms with Crippen molar-refractivity contribution in [2.45, 2.75) is 32.9 Å². The van der Waals surface area contributed by atoms with Gasteiger partial charge in [-0.3, -0.25) is 9.59 Å². The van der Waals surface area contributed by atoms with Crippen molar-refractivity contribution < 1.29 is 14.3 Å². The Balaban J connectivity index is 1.91. The normalized spacial score (nSPS) is 11.7. The number of carbonyl (C=O) groups is 2. The van der Waals surface area contributed by atoms with Gasteiger partial charge in [-0.2, -0.15) is 0 Å². The molecule has 5 nitrogen and oxygen atoms in total. The average Bonchev–Trinajstić information content (AvgIpc) is 2.84. The second-order valence-electron chi connectivity index (χ2n) is 8.86. The lowest BCUT2D eigenvalue weighted by Gasteiger charge is -2.31. The maximum absolute atomic E-state index is 13.6. The molecule has 3 aromatic carbocycles. The molecule has 8 heteroatoms. The molecule has 0 spiro atoms. The lowest BCUT2D eigenvalue weighted by atomic mass is 10.0. The van der Waals surface area contributed by atoms with Gasteiger partial charge >= 0.3 is 0 Å². The Hall–Kier alpha value is -2.54. The van der Waals surface area contributed by atoms with E-state index in [2.05, 4.69) is 21.2 Å². The van der Waals surface area contributed by atoms with E-state index in [9.17, 15) is 9.59 Å². The molecule has 0 fully saturated rings. The second-order valence-corrected chi connectivity index (χ2v) is 10.6. The maximum atomic E-state index is 13.6. The molecule has 190 valence electrons. The van der Waals surface area contributed by atoms with Crippen LogP contribution in [0.2, 0.25) is 10.0 Å². The third-order valence-corrected chi connectivity index (χ3v) is 6.47. The van der Waals surface area contributed by atoms with E-state index in [0.29, 0.717) is 28.8 Å². The molecular formula is C28H29BrCl2N2O3. The molecule has 0 aromatic heterocycles. The van der Waals surface area contributed by atoms with Gasteiger partial charge in [-0.15, -0.1) is 0 Å². The Bertz CT molecular complexity index is 1170. The largest absolute Gasteiger partial charge is 0.482 e. The van der Waals surface area contributed by atoms with E-state index >= 15 is 0 Å². The fourth-order valence-electron chi connectivity index (χ4n) is 3.62. The fraction of sp³-hybridized carbons (Fsp3) is 0.286. The molecule has 1 atom stereocenters. The Morgan fingerprint density at radius 1 is 0.972 bits per heavy atom. The highest BCUT2D eigenvalue weighted by atomic mass is 79.9. The summed E-state index contributed by atoms with van der Waals surface area (Å²) in [7, 11) is 0. The van der Waals surface area contributed by atoms with Gasteiger partial charge in [0.05, 0.1) is 5.02 Å². The van der Waals surface area contributed by atoms with Crippen molar-refractivity contribution in [3.8, 4) is 5.75 Å². The summed E-state index contributed by atoms with van der Waals surface area (Å²) in [6.45, 7) is 4.48. The fourth-order valence-corrected chi connectivity index (χ4v) is 4.56. The number of ether oxygens (including phenoxy) is 1. The molecular weight excluding hydrogens is 563 g/mol. The molecule has 0 aliphatic carbocycles. The van der Waals surface area contributed by atoms with Gasteiger partial charge < -0.3 is 15.0 Å². The maximum Gasteiger partial charge on any atom is 0.261 e. The third-order valence-electron chi connectivity index (χ3n) is 5.44. The van der Waals surface area contributed by atoms with Crippen molar-refractivity contribution in [2.24, 2.45) is 5.92 Å². The lowest BCUT2D eigenvalue weighted by molar-refractivity contribution is -0.142. The van der Waals surface area contributed by atoms with Crippen molar-refractivity contribution in [3.05, 3.63) is 98.4 Å². The Morgan fingerprint density at radius 2 is 1.69 bits per heavy atom. The Morgan fingerprint density at radius 3 is 2.36 bits per heavy atom. The predicted octanol–water partition coefficient (Wildman–Crippen LogP) is 6.55. The molecule has 0 radical (unpaired) electrons. The minimum absolute atomic E-state index is 0.198. The minimum Gasteiger partial charge on any atom is -0.482 e. The van der Waals surface area contributed by atoms with Gasteiger partial charge in [-0.1, -0.05) is 95.4 Å². The molecule has 3 aromatic rings. The number of amides is 2. The molecule has 1 N–H and O–H groups in total. The summed E-state index contributed by atoms with van der Waals surface area (Å²) in [6.07, 6.45) is 0.357. The summed E-state index contributed by atoms with van der Waals surface area (Å²) in [5.74, 6) is 0.102. The first-order valence-electron chi connectivity index (χ1n) is 11.7. The summed E-state index contributed by atoms with van der Waals surface area (Å²) in [6, 6.07) is 21.3. The van der Waals surface area contributed by atoms with Gasteiger partial charge in [-0.05, 0) is 47.4 Å². The number of hydrogen-bond acceptors (Lipinski definition) is 3. The predicted molar refractivity (Wildman–Crippen MR) is 148 cm³/mol. The molecule has 0 saturated heterocycles. The van der Waals surface area contributed by atoms with Gasteiger partial charge in [0.25, 0.3) is 5.91 Å². The van der Waals surface area contributed by atoms with E-state index in [1.54, 1.807) is 35.2 Å². The van der Waals surface area contributed by atoms with Crippen molar-refractivity contribution in [3.63, 3.8) is 0 Å². The lowest BCUT2D eigenvalue weighted by Crippen LogP contribution is -2.52. The number of benzene rings is 3. The molecule has 0 aliphatic rings. The van der Waals surface area contributed by atoms with Crippen molar-refractivity contribution in [2.75, 3.05) is 13.2 Å². The van der Waals surface area contributed by atoms with E-state index in [-0.39, 0.29) is 30.9 Å². The summed E-state index contributed by atoms with van der Waals surface area (Å²) in [4.78, 5) is 28.6. The molecule has 0 aliphatic heterocycles. The zero-order chi connectivity index (χ0) is 26.1. The van der Waals surface area contributed by atoms with Crippen LogP contribution in [0.5, 0.6) is 5.75 Å². The first-order chi connectivity index (χ1) is 17.2. The van der Waals surface area contributed by atoms with Gasteiger partial charge in [-0.25, -0.2) is 0 Å². The summed E-state index contributed by atoms with van der Waals surface area (Å²) < 4.78 is 6.58. The number of nitrogens with one attached hydrogen (secondary N) is 1. The topological polar surface area (TPSA) is 58.6 Å². The van der Waals surface area contributed by atoms with Crippen LogP contribution in [0.15, 0.2) is 77.3 Å². The van der Waals surface area contributed by atoms with Crippen LogP contribution in [0.3, 0.4) is 0 Å². The van der Waals surface area contributed by atoms with Crippen LogP contribution < -0.4 is 10.1 Å². The quantitative estimate of drug-likeness (QED) is 0.275. The minimum atomic E-state index is -0.748. The summed E-state index contributed by atoms with van der Waals surface area (Å²) >= 11 is 15.8. The average molecular weight is 592 g/mol. The standard InChI is InChI=1S/C28H29BrCl2N2O3/c1-19(2)16-32-28(35)25(14-20-7-4-3-5-8-20)33(17-21-9-6-10-23(30)13-21)27(34)18-36-26-12-11-22(29)15-24(26)31/h3-13,15,19,25H,14,16-18H2,1-2H3,(H,32,35). The van der Waals surface area contributed by atoms with Gasteiger partial charge in [0.2, 0.25) is 5.91 Å². The second kappa shape index (κ2) is 13.7. The van der Waals surface area contributed by atoms with Gasteiger partial charge in [0.15, 0.2) is 6.61 Å². The van der Waals surface area contributed by atoms with Crippen LogP contribution in [0, 0.1) is 5.92 Å². The van der Waals surface area contributed by atoms with E-state index in [4.69, 9.17) is 27.9 Å². The van der Waals surface area contributed by atoms with E-state index < -0.39 is 6.04 Å². The first-order valence-corrected chi connectivity index (χ1v) is 13.2. The molecule has 36 heavy (non-hydrogen) atoms. The number of nitrogens with zero attached hydrogens (tertiary/aromatic N) is 1. The van der Waals surface area contributed by atoms with Crippen LogP contribution in [-0.2, 0) is 22.6 Å². The zero-order valence-corrected chi connectivity index (χ0v) is 23.3. The highest BCUT2D eigenvalue weighted by Crippen LogP contribution is 2.28. The number of carbonyl (C=O) groups excluding carboxylic acids is 2. The Kier molecular flexibility index (Phi) is 10.7. The molecule has 0 heterocycles. The zero-order valence-electron chi connectivity index (χ0n) is 20.2. The van der Waals surface area contributed by atoms with Gasteiger partial charge in [0, 0.05) is 29.0 Å². The monoisotopic (exact) mass is 590 g/mol. The summed E-state index contributed by atoms with van der Waals surface area (Å²) in [5.41, 5.74) is 1.76. The number of halogens is 3. The molecule has 0 bridgehead atoms.